The third-order valence-electron chi connectivity index (χ3n) is 4.43. The predicted octanol–water partition coefficient (Wildman–Crippen LogP) is 5.53. The summed E-state index contributed by atoms with van der Waals surface area (Å²) in [5, 5.41) is 13.4. The Kier molecular flexibility index (Phi) is 7.05. The van der Waals surface area contributed by atoms with Crippen LogP contribution in [0.2, 0.25) is 10.0 Å². The lowest BCUT2D eigenvalue weighted by molar-refractivity contribution is -0.117. The fraction of sp³-hybridized carbons (Fsp3) is 0.130. The molecular formula is C23H20Cl2N2O4. The highest BCUT2D eigenvalue weighted by atomic mass is 35.5. The number of anilines is 1. The van der Waals surface area contributed by atoms with Crippen LogP contribution in [0.15, 0.2) is 54.6 Å². The second kappa shape index (κ2) is 9.73. The lowest BCUT2D eigenvalue weighted by Gasteiger charge is -2.14. The van der Waals surface area contributed by atoms with E-state index in [1.165, 1.54) is 6.07 Å². The summed E-state index contributed by atoms with van der Waals surface area (Å²) in [5.74, 6) is 0.116. The molecule has 0 bridgehead atoms. The van der Waals surface area contributed by atoms with Crippen LogP contribution in [0.25, 0.3) is 11.1 Å². The standard InChI is InChI=1S/C23H20Cl2N2O4/c1-2-22(30)27-15-10-18(24)23(19(25)11-15)31-16-7-8-20(28)17(12-16)14-5-3-13(4-6-14)9-21(26)29/h3-8,10-12,28H,2,9H2,1H3,(H2,26,29)(H,27,30). The summed E-state index contributed by atoms with van der Waals surface area (Å²) in [5.41, 5.74) is 7.72. The highest BCUT2D eigenvalue weighted by Crippen LogP contribution is 2.41. The Bertz CT molecular complexity index is 1110. The van der Waals surface area contributed by atoms with E-state index in [9.17, 15) is 14.7 Å². The molecule has 2 amide bonds. The molecule has 0 aliphatic rings. The molecule has 0 saturated heterocycles. The summed E-state index contributed by atoms with van der Waals surface area (Å²) in [4.78, 5) is 22.6. The van der Waals surface area contributed by atoms with E-state index in [4.69, 9.17) is 33.7 Å². The Balaban J connectivity index is 1.87. The lowest BCUT2D eigenvalue weighted by atomic mass is 10.0. The van der Waals surface area contributed by atoms with Crippen LogP contribution in [0.1, 0.15) is 18.9 Å². The number of primary amides is 1. The molecule has 160 valence electrons. The van der Waals surface area contributed by atoms with E-state index in [-0.39, 0.29) is 33.9 Å². The molecule has 8 heteroatoms. The van der Waals surface area contributed by atoms with Crippen molar-refractivity contribution in [3.05, 3.63) is 70.2 Å². The molecule has 0 aliphatic heterocycles. The van der Waals surface area contributed by atoms with Gasteiger partial charge in [-0.25, -0.2) is 0 Å². The van der Waals surface area contributed by atoms with Crippen molar-refractivity contribution in [3.63, 3.8) is 0 Å². The van der Waals surface area contributed by atoms with E-state index in [1.807, 2.05) is 0 Å². The molecule has 4 N–H and O–H groups in total. The molecule has 31 heavy (non-hydrogen) atoms. The van der Waals surface area contributed by atoms with Crippen molar-refractivity contribution in [2.45, 2.75) is 19.8 Å². The van der Waals surface area contributed by atoms with Crippen molar-refractivity contribution >= 4 is 40.7 Å². The van der Waals surface area contributed by atoms with Gasteiger partial charge < -0.3 is 20.9 Å². The number of halogens is 2. The number of ether oxygens (including phenoxy) is 1. The third-order valence-corrected chi connectivity index (χ3v) is 5.00. The molecule has 3 aromatic carbocycles. The van der Waals surface area contributed by atoms with E-state index in [2.05, 4.69) is 5.32 Å². The highest BCUT2D eigenvalue weighted by molar-refractivity contribution is 6.37. The van der Waals surface area contributed by atoms with Crippen LogP contribution in [0, 0.1) is 0 Å². The number of nitrogens with two attached hydrogens (primary N) is 1. The number of carbonyl (C=O) groups is 2. The maximum Gasteiger partial charge on any atom is 0.224 e. The average Bonchev–Trinajstić information content (AvgIpc) is 2.72. The average molecular weight is 459 g/mol. The second-order valence-corrected chi connectivity index (χ2v) is 7.61. The first-order chi connectivity index (χ1) is 14.8. The number of benzene rings is 3. The minimum absolute atomic E-state index is 0.0600. The number of amides is 2. The van der Waals surface area contributed by atoms with Gasteiger partial charge in [-0.3, -0.25) is 9.59 Å². The number of phenolic OH excluding ortho intramolecular Hbond substituents is 1. The van der Waals surface area contributed by atoms with Gasteiger partial charge in [-0.2, -0.15) is 0 Å². The van der Waals surface area contributed by atoms with E-state index in [0.29, 0.717) is 23.4 Å². The molecule has 3 rings (SSSR count). The largest absolute Gasteiger partial charge is 0.507 e. The quantitative estimate of drug-likeness (QED) is 0.432. The summed E-state index contributed by atoms with van der Waals surface area (Å²) in [6.45, 7) is 1.74. The summed E-state index contributed by atoms with van der Waals surface area (Å²) in [7, 11) is 0. The zero-order chi connectivity index (χ0) is 22.5. The Morgan fingerprint density at radius 1 is 1.03 bits per heavy atom. The van der Waals surface area contributed by atoms with Crippen molar-refractivity contribution < 1.29 is 19.4 Å². The zero-order valence-electron chi connectivity index (χ0n) is 16.6. The van der Waals surface area contributed by atoms with Gasteiger partial charge in [-0.1, -0.05) is 54.4 Å². The first-order valence-corrected chi connectivity index (χ1v) is 10.2. The van der Waals surface area contributed by atoms with Crippen molar-refractivity contribution in [2.24, 2.45) is 5.73 Å². The monoisotopic (exact) mass is 458 g/mol. The second-order valence-electron chi connectivity index (χ2n) is 6.79. The maximum atomic E-state index is 11.6. The molecule has 0 fully saturated rings. The number of phenols is 1. The number of hydrogen-bond acceptors (Lipinski definition) is 4. The van der Waals surface area contributed by atoms with Gasteiger partial charge in [-0.05, 0) is 41.5 Å². The third kappa shape index (κ3) is 5.69. The van der Waals surface area contributed by atoms with Gasteiger partial charge in [-0.15, -0.1) is 0 Å². The summed E-state index contributed by atoms with van der Waals surface area (Å²) in [6.07, 6.45) is 0.467. The van der Waals surface area contributed by atoms with Crippen LogP contribution in [0.3, 0.4) is 0 Å². The Hall–Kier alpha value is -3.22. The van der Waals surface area contributed by atoms with Gasteiger partial charge in [0.1, 0.15) is 11.5 Å². The fourth-order valence-corrected chi connectivity index (χ4v) is 3.47. The molecule has 0 atom stereocenters. The van der Waals surface area contributed by atoms with Crippen molar-refractivity contribution in [2.75, 3.05) is 5.32 Å². The highest BCUT2D eigenvalue weighted by Gasteiger charge is 2.14. The Morgan fingerprint density at radius 2 is 1.68 bits per heavy atom. The number of carbonyl (C=O) groups excluding carboxylic acids is 2. The van der Waals surface area contributed by atoms with Crippen molar-refractivity contribution in [3.8, 4) is 28.4 Å². The molecule has 0 aliphatic carbocycles. The van der Waals surface area contributed by atoms with E-state index in [0.717, 1.165) is 11.1 Å². The fourth-order valence-electron chi connectivity index (χ4n) is 2.91. The molecule has 6 nitrogen and oxygen atoms in total. The van der Waals surface area contributed by atoms with Crippen molar-refractivity contribution in [1.29, 1.82) is 0 Å². The molecule has 3 aromatic rings. The molecular weight excluding hydrogens is 439 g/mol. The molecule has 0 radical (unpaired) electrons. The Labute approximate surface area is 189 Å². The zero-order valence-corrected chi connectivity index (χ0v) is 18.1. The SMILES string of the molecule is CCC(=O)Nc1cc(Cl)c(Oc2ccc(O)c(-c3ccc(CC(N)=O)cc3)c2)c(Cl)c1. The number of aromatic hydroxyl groups is 1. The smallest absolute Gasteiger partial charge is 0.224 e. The maximum absolute atomic E-state index is 11.6. The number of nitrogens with one attached hydrogen (secondary N) is 1. The van der Waals surface area contributed by atoms with Gasteiger partial charge in [0.15, 0.2) is 5.75 Å². The minimum Gasteiger partial charge on any atom is -0.507 e. The predicted molar refractivity (Wildman–Crippen MR) is 122 cm³/mol. The summed E-state index contributed by atoms with van der Waals surface area (Å²) < 4.78 is 5.87. The van der Waals surface area contributed by atoms with Crippen LogP contribution in [0.4, 0.5) is 5.69 Å². The molecule has 0 unspecified atom stereocenters. The van der Waals surface area contributed by atoms with Gasteiger partial charge >= 0.3 is 0 Å². The van der Waals surface area contributed by atoms with Gasteiger partial charge in [0.05, 0.1) is 16.5 Å². The molecule has 0 aromatic heterocycles. The Morgan fingerprint density at radius 3 is 2.26 bits per heavy atom. The number of rotatable bonds is 7. The van der Waals surface area contributed by atoms with Crippen LogP contribution < -0.4 is 15.8 Å². The van der Waals surface area contributed by atoms with Gasteiger partial charge in [0.25, 0.3) is 0 Å². The topological polar surface area (TPSA) is 102 Å². The summed E-state index contributed by atoms with van der Waals surface area (Å²) in [6, 6.07) is 14.9. The first-order valence-electron chi connectivity index (χ1n) is 9.44. The van der Waals surface area contributed by atoms with Crippen LogP contribution in [0.5, 0.6) is 17.2 Å². The van der Waals surface area contributed by atoms with E-state index >= 15 is 0 Å². The lowest BCUT2D eigenvalue weighted by Crippen LogP contribution is -2.13. The number of hydrogen-bond donors (Lipinski definition) is 3. The normalized spacial score (nSPS) is 10.5. The van der Waals surface area contributed by atoms with Crippen LogP contribution >= 0.6 is 23.2 Å². The van der Waals surface area contributed by atoms with Gasteiger partial charge in [0, 0.05) is 17.7 Å². The van der Waals surface area contributed by atoms with Crippen LogP contribution in [-0.4, -0.2) is 16.9 Å². The molecule has 0 saturated carbocycles. The molecule has 0 spiro atoms. The first kappa shape index (κ1) is 22.5. The van der Waals surface area contributed by atoms with E-state index < -0.39 is 5.91 Å². The van der Waals surface area contributed by atoms with Crippen molar-refractivity contribution in [1.82, 2.24) is 0 Å². The molecule has 0 heterocycles. The van der Waals surface area contributed by atoms with Crippen LogP contribution in [-0.2, 0) is 16.0 Å². The minimum atomic E-state index is -0.417. The summed E-state index contributed by atoms with van der Waals surface area (Å²) >= 11 is 12.6. The van der Waals surface area contributed by atoms with Gasteiger partial charge in [0.2, 0.25) is 11.8 Å². The van der Waals surface area contributed by atoms with E-state index in [1.54, 1.807) is 55.5 Å².